The molecule has 1 unspecified atom stereocenters. The van der Waals surface area contributed by atoms with Gasteiger partial charge in [0.05, 0.1) is 27.2 Å². The van der Waals surface area contributed by atoms with Gasteiger partial charge < -0.3 is 16.0 Å². The van der Waals surface area contributed by atoms with E-state index in [-0.39, 0.29) is 15.7 Å². The Hall–Kier alpha value is -3.05. The van der Waals surface area contributed by atoms with Crippen LogP contribution < -0.4 is 16.0 Å². The van der Waals surface area contributed by atoms with Gasteiger partial charge in [-0.15, -0.1) is 23.2 Å². The van der Waals surface area contributed by atoms with E-state index in [4.69, 9.17) is 46.4 Å². The number of rotatable bonds is 6. The molecule has 4 rings (SSSR count). The number of halogens is 8. The lowest BCUT2D eigenvalue weighted by molar-refractivity contribution is -0.117. The first-order valence-corrected chi connectivity index (χ1v) is 12.4. The second kappa shape index (κ2) is 10.8. The SMILES string of the molecule is CC(=O)Nc1ccc(F)c(NC(=O)c2cc(NC(=O)[C@H]3C(c4ccc(Cl)c(Cl)c4)C3(Cl)Cl)cc(F)c2F)c1F. The first-order valence-electron chi connectivity index (χ1n) is 10.9. The van der Waals surface area contributed by atoms with Crippen molar-refractivity contribution in [2.24, 2.45) is 5.92 Å². The molecule has 0 aromatic heterocycles. The summed E-state index contributed by atoms with van der Waals surface area (Å²) in [6, 6.07) is 7.58. The molecule has 1 fully saturated rings. The molecular weight excluding hydrogens is 608 g/mol. The average molecular weight is 623 g/mol. The second-order valence-electron chi connectivity index (χ2n) is 8.53. The van der Waals surface area contributed by atoms with E-state index in [9.17, 15) is 31.9 Å². The molecule has 6 nitrogen and oxygen atoms in total. The number of hydrogen-bond donors (Lipinski definition) is 3. The zero-order valence-corrected chi connectivity index (χ0v) is 22.5. The van der Waals surface area contributed by atoms with Crippen LogP contribution in [0.2, 0.25) is 10.0 Å². The fourth-order valence-electron chi connectivity index (χ4n) is 3.95. The Bertz CT molecular complexity index is 1540. The molecule has 1 aliphatic carbocycles. The van der Waals surface area contributed by atoms with Crippen molar-refractivity contribution in [3.63, 3.8) is 0 Å². The third-order valence-corrected chi connectivity index (χ3v) is 7.50. The highest BCUT2D eigenvalue weighted by Crippen LogP contribution is 2.65. The highest BCUT2D eigenvalue weighted by Gasteiger charge is 2.67. The van der Waals surface area contributed by atoms with Gasteiger partial charge in [-0.05, 0) is 35.9 Å². The summed E-state index contributed by atoms with van der Waals surface area (Å²) in [5, 5.41) is 6.71. The van der Waals surface area contributed by atoms with Crippen LogP contribution in [-0.4, -0.2) is 22.1 Å². The number of alkyl halides is 2. The standard InChI is InChI=1S/C25H15Cl4F4N3O3/c1-9(37)34-17-5-4-15(30)22(21(17)33)36-23(38)12-7-11(8-16(31)20(12)32)35-24(39)19-18(25(19,28)29)10-2-3-13(26)14(27)6-10/h2-8,18-19H,1H3,(H,34,37)(H,35,39)(H,36,38)/t18?,19-/m1/s1. The fourth-order valence-corrected chi connectivity index (χ4v) is 5.09. The predicted molar refractivity (Wildman–Crippen MR) is 141 cm³/mol. The Balaban J connectivity index is 1.57. The molecule has 3 aromatic carbocycles. The molecule has 3 N–H and O–H groups in total. The molecule has 3 aromatic rings. The molecule has 0 saturated heterocycles. The van der Waals surface area contributed by atoms with E-state index in [2.05, 4.69) is 10.6 Å². The maximum atomic E-state index is 14.7. The number of nitrogens with one attached hydrogen (secondary N) is 3. The van der Waals surface area contributed by atoms with E-state index in [0.29, 0.717) is 11.6 Å². The van der Waals surface area contributed by atoms with E-state index in [1.54, 1.807) is 6.07 Å². The summed E-state index contributed by atoms with van der Waals surface area (Å²) in [5.41, 5.74) is -2.31. The van der Waals surface area contributed by atoms with Crippen LogP contribution in [-0.2, 0) is 9.59 Å². The van der Waals surface area contributed by atoms with Crippen molar-refractivity contribution in [3.05, 3.63) is 86.9 Å². The van der Waals surface area contributed by atoms with Crippen LogP contribution in [0.15, 0.2) is 42.5 Å². The van der Waals surface area contributed by atoms with Gasteiger partial charge in [0.25, 0.3) is 5.91 Å². The second-order valence-corrected chi connectivity index (χ2v) is 10.8. The Kier molecular flexibility index (Phi) is 8.05. The summed E-state index contributed by atoms with van der Waals surface area (Å²) in [6.45, 7) is 1.08. The summed E-state index contributed by atoms with van der Waals surface area (Å²) < 4.78 is 56.2. The van der Waals surface area contributed by atoms with Gasteiger partial charge in [-0.3, -0.25) is 14.4 Å². The van der Waals surface area contributed by atoms with E-state index in [1.165, 1.54) is 12.1 Å². The highest BCUT2D eigenvalue weighted by atomic mass is 35.5. The maximum Gasteiger partial charge on any atom is 0.258 e. The number of benzene rings is 3. The third-order valence-electron chi connectivity index (χ3n) is 5.82. The van der Waals surface area contributed by atoms with Crippen LogP contribution in [0.4, 0.5) is 34.6 Å². The topological polar surface area (TPSA) is 87.3 Å². The lowest BCUT2D eigenvalue weighted by atomic mass is 10.1. The largest absolute Gasteiger partial charge is 0.326 e. The van der Waals surface area contributed by atoms with E-state index in [1.807, 2.05) is 5.32 Å². The highest BCUT2D eigenvalue weighted by molar-refractivity contribution is 6.53. The van der Waals surface area contributed by atoms with E-state index in [0.717, 1.165) is 25.1 Å². The first kappa shape index (κ1) is 28.9. The summed E-state index contributed by atoms with van der Waals surface area (Å²) in [5.74, 6) is -10.4. The van der Waals surface area contributed by atoms with Gasteiger partial charge in [0, 0.05) is 24.6 Å². The number of hydrogen-bond acceptors (Lipinski definition) is 3. The van der Waals surface area contributed by atoms with E-state index < -0.39 is 74.1 Å². The van der Waals surface area contributed by atoms with Crippen molar-refractivity contribution in [1.29, 1.82) is 0 Å². The summed E-state index contributed by atoms with van der Waals surface area (Å²) >= 11 is 24.5. The third kappa shape index (κ3) is 5.79. The lowest BCUT2D eigenvalue weighted by Crippen LogP contribution is -2.20. The molecule has 14 heteroatoms. The van der Waals surface area contributed by atoms with Gasteiger partial charge in [0.1, 0.15) is 15.8 Å². The molecule has 3 amide bonds. The molecule has 0 radical (unpaired) electrons. The van der Waals surface area contributed by atoms with Gasteiger partial charge in [0.2, 0.25) is 11.8 Å². The molecule has 1 saturated carbocycles. The monoisotopic (exact) mass is 621 g/mol. The van der Waals surface area contributed by atoms with Crippen LogP contribution in [0.5, 0.6) is 0 Å². The minimum atomic E-state index is -1.64. The number of anilines is 3. The number of carbonyl (C=O) groups excluding carboxylic acids is 3. The van der Waals surface area contributed by atoms with Crippen molar-refractivity contribution in [3.8, 4) is 0 Å². The van der Waals surface area contributed by atoms with E-state index >= 15 is 0 Å². The van der Waals surface area contributed by atoms with Crippen LogP contribution in [0, 0.1) is 29.2 Å². The first-order chi connectivity index (χ1) is 18.2. The smallest absolute Gasteiger partial charge is 0.258 e. The van der Waals surface area contributed by atoms with Crippen LogP contribution in [0.25, 0.3) is 0 Å². The molecule has 0 aliphatic heterocycles. The Labute approximate surface area is 238 Å². The van der Waals surface area contributed by atoms with Crippen LogP contribution in [0.3, 0.4) is 0 Å². The maximum absolute atomic E-state index is 14.7. The normalized spacial score (nSPS) is 17.4. The van der Waals surface area contributed by atoms with Crippen molar-refractivity contribution in [2.45, 2.75) is 17.2 Å². The van der Waals surface area contributed by atoms with Gasteiger partial charge in [-0.25, -0.2) is 17.6 Å². The van der Waals surface area contributed by atoms with Gasteiger partial charge in [-0.2, -0.15) is 0 Å². The minimum absolute atomic E-state index is 0.205. The molecule has 0 spiro atoms. The van der Waals surface area contributed by atoms with Crippen molar-refractivity contribution < 1.29 is 31.9 Å². The average Bonchev–Trinajstić information content (AvgIpc) is 3.44. The summed E-state index contributed by atoms with van der Waals surface area (Å²) in [4.78, 5) is 36.8. The molecule has 0 bridgehead atoms. The molecule has 39 heavy (non-hydrogen) atoms. The zero-order chi connectivity index (χ0) is 28.8. The minimum Gasteiger partial charge on any atom is -0.326 e. The van der Waals surface area contributed by atoms with Crippen molar-refractivity contribution in [2.75, 3.05) is 16.0 Å². The van der Waals surface area contributed by atoms with Crippen LogP contribution >= 0.6 is 46.4 Å². The lowest BCUT2D eigenvalue weighted by Gasteiger charge is -2.13. The fraction of sp³-hybridized carbons (Fsp3) is 0.160. The summed E-state index contributed by atoms with van der Waals surface area (Å²) in [6.07, 6.45) is 0. The van der Waals surface area contributed by atoms with Gasteiger partial charge >= 0.3 is 0 Å². The molecule has 1 aliphatic rings. The molecule has 2 atom stereocenters. The predicted octanol–water partition coefficient (Wildman–Crippen LogP) is 7.29. The quantitative estimate of drug-likeness (QED) is 0.199. The van der Waals surface area contributed by atoms with Crippen molar-refractivity contribution >= 4 is 81.2 Å². The van der Waals surface area contributed by atoms with Gasteiger partial charge in [0.15, 0.2) is 17.5 Å². The Morgan fingerprint density at radius 2 is 1.51 bits per heavy atom. The number of amides is 3. The molecule has 204 valence electrons. The molecular formula is C25H15Cl4F4N3O3. The van der Waals surface area contributed by atoms with Crippen LogP contribution in [0.1, 0.15) is 28.8 Å². The van der Waals surface area contributed by atoms with Crippen molar-refractivity contribution in [1.82, 2.24) is 0 Å². The number of carbonyl (C=O) groups is 3. The molecule has 0 heterocycles. The zero-order valence-electron chi connectivity index (χ0n) is 19.4. The Morgan fingerprint density at radius 1 is 0.821 bits per heavy atom. The Morgan fingerprint density at radius 3 is 2.15 bits per heavy atom. The van der Waals surface area contributed by atoms with Gasteiger partial charge in [-0.1, -0.05) is 29.3 Å². The summed E-state index contributed by atoms with van der Waals surface area (Å²) in [7, 11) is 0.